The van der Waals surface area contributed by atoms with Gasteiger partial charge in [-0.2, -0.15) is 0 Å². The van der Waals surface area contributed by atoms with Crippen molar-refractivity contribution >= 4 is 11.8 Å². The Balaban J connectivity index is 1.55. The molecule has 6 nitrogen and oxygen atoms in total. The van der Waals surface area contributed by atoms with Crippen LogP contribution < -0.4 is 10.6 Å². The molecule has 0 saturated carbocycles. The quantitative estimate of drug-likeness (QED) is 0.770. The number of amides is 2. The number of anilines is 1. The number of carbonyl (C=O) groups excluding carboxylic acids is 1. The van der Waals surface area contributed by atoms with E-state index < -0.39 is 0 Å². The molecule has 3 aromatic rings. The summed E-state index contributed by atoms with van der Waals surface area (Å²) >= 11 is 0. The summed E-state index contributed by atoms with van der Waals surface area (Å²) in [6, 6.07) is 14.4. The van der Waals surface area contributed by atoms with Gasteiger partial charge in [0.1, 0.15) is 0 Å². The summed E-state index contributed by atoms with van der Waals surface area (Å²) in [6.45, 7) is 0.440. The largest absolute Gasteiger partial charge is 0.461 e. The normalized spacial score (nSPS) is 10.3. The van der Waals surface area contributed by atoms with E-state index in [2.05, 4.69) is 15.8 Å². The molecule has 3 rings (SSSR count). The predicted octanol–water partition coefficient (Wildman–Crippen LogP) is 3.26. The molecule has 0 fully saturated rings. The number of urea groups is 1. The first-order valence-corrected chi connectivity index (χ1v) is 6.40. The Kier molecular flexibility index (Phi) is 3.68. The van der Waals surface area contributed by atoms with Gasteiger partial charge in [0.15, 0.2) is 11.6 Å². The number of hydrogen-bond donors (Lipinski definition) is 2. The fourth-order valence-electron chi connectivity index (χ4n) is 1.81. The van der Waals surface area contributed by atoms with Crippen molar-refractivity contribution in [3.05, 3.63) is 60.4 Å². The maximum absolute atomic E-state index is 11.8. The Morgan fingerprint density at radius 3 is 2.71 bits per heavy atom. The molecule has 6 heteroatoms. The van der Waals surface area contributed by atoms with E-state index >= 15 is 0 Å². The summed E-state index contributed by atoms with van der Waals surface area (Å²) in [6.07, 6.45) is 1.54. The molecule has 2 heterocycles. The van der Waals surface area contributed by atoms with E-state index in [4.69, 9.17) is 8.94 Å². The van der Waals surface area contributed by atoms with E-state index in [-0.39, 0.29) is 6.03 Å². The second kappa shape index (κ2) is 5.96. The molecule has 0 atom stereocenters. The number of carbonyl (C=O) groups is 1. The van der Waals surface area contributed by atoms with Crippen LogP contribution in [0.1, 0.15) is 5.56 Å². The minimum absolute atomic E-state index is 0.326. The molecule has 21 heavy (non-hydrogen) atoms. The molecule has 0 radical (unpaired) electrons. The number of nitrogens with zero attached hydrogens (tertiary/aromatic N) is 1. The highest BCUT2D eigenvalue weighted by atomic mass is 16.5. The third-order valence-electron chi connectivity index (χ3n) is 2.81. The van der Waals surface area contributed by atoms with Gasteiger partial charge < -0.3 is 14.3 Å². The first kappa shape index (κ1) is 13.0. The van der Waals surface area contributed by atoms with Crippen LogP contribution in [0.5, 0.6) is 0 Å². The molecule has 0 bridgehead atoms. The average molecular weight is 283 g/mol. The topological polar surface area (TPSA) is 80.3 Å². The number of nitrogens with one attached hydrogen (secondary N) is 2. The lowest BCUT2D eigenvalue weighted by Gasteiger charge is -2.04. The zero-order valence-corrected chi connectivity index (χ0v) is 11.1. The molecular formula is C15H13N3O3. The van der Waals surface area contributed by atoms with Crippen molar-refractivity contribution in [3.63, 3.8) is 0 Å². The van der Waals surface area contributed by atoms with E-state index in [1.54, 1.807) is 18.2 Å². The molecule has 2 aromatic heterocycles. The van der Waals surface area contributed by atoms with Gasteiger partial charge in [-0.15, -0.1) is 0 Å². The van der Waals surface area contributed by atoms with Gasteiger partial charge in [0.25, 0.3) is 0 Å². The van der Waals surface area contributed by atoms with Gasteiger partial charge >= 0.3 is 6.03 Å². The van der Waals surface area contributed by atoms with Crippen LogP contribution in [0.15, 0.2) is 63.7 Å². The summed E-state index contributed by atoms with van der Waals surface area (Å²) in [4.78, 5) is 11.8. The first-order valence-electron chi connectivity index (χ1n) is 6.40. The van der Waals surface area contributed by atoms with Gasteiger partial charge in [-0.05, 0) is 17.7 Å². The zero-order chi connectivity index (χ0) is 14.5. The van der Waals surface area contributed by atoms with Gasteiger partial charge in [-0.25, -0.2) is 4.79 Å². The van der Waals surface area contributed by atoms with Gasteiger partial charge in [0, 0.05) is 12.6 Å². The third-order valence-corrected chi connectivity index (χ3v) is 2.81. The molecule has 0 spiro atoms. The van der Waals surface area contributed by atoms with Crippen molar-refractivity contribution in [2.45, 2.75) is 6.54 Å². The number of aromatic nitrogens is 1. The molecule has 106 valence electrons. The average Bonchev–Trinajstić information content (AvgIpc) is 3.17. The molecule has 0 saturated heterocycles. The van der Waals surface area contributed by atoms with Crippen LogP contribution in [0.2, 0.25) is 0 Å². The van der Waals surface area contributed by atoms with E-state index in [0.717, 1.165) is 5.56 Å². The summed E-state index contributed by atoms with van der Waals surface area (Å²) in [5.41, 5.74) is 1.02. The number of benzene rings is 1. The number of hydrogen-bond acceptors (Lipinski definition) is 4. The second-order valence-corrected chi connectivity index (χ2v) is 4.35. The second-order valence-electron chi connectivity index (χ2n) is 4.35. The van der Waals surface area contributed by atoms with Crippen LogP contribution in [0.25, 0.3) is 11.5 Å². The summed E-state index contributed by atoms with van der Waals surface area (Å²) in [5.74, 6) is 1.34. The van der Waals surface area contributed by atoms with Crippen molar-refractivity contribution in [2.24, 2.45) is 0 Å². The Labute approximate surface area is 120 Å². The predicted molar refractivity (Wildman–Crippen MR) is 76.5 cm³/mol. The lowest BCUT2D eigenvalue weighted by Crippen LogP contribution is -2.28. The highest BCUT2D eigenvalue weighted by Gasteiger charge is 2.10. The molecular weight excluding hydrogens is 270 g/mol. The molecule has 0 aliphatic rings. The maximum Gasteiger partial charge on any atom is 0.320 e. The Hall–Kier alpha value is -3.02. The van der Waals surface area contributed by atoms with E-state index in [1.807, 2.05) is 30.3 Å². The molecule has 0 aliphatic carbocycles. The van der Waals surface area contributed by atoms with Crippen molar-refractivity contribution in [3.8, 4) is 11.5 Å². The van der Waals surface area contributed by atoms with Crippen LogP contribution in [0.3, 0.4) is 0 Å². The Morgan fingerprint density at radius 2 is 1.95 bits per heavy atom. The van der Waals surface area contributed by atoms with Crippen LogP contribution >= 0.6 is 0 Å². The van der Waals surface area contributed by atoms with Gasteiger partial charge in [0.2, 0.25) is 5.76 Å². The van der Waals surface area contributed by atoms with Crippen molar-refractivity contribution in [2.75, 3.05) is 5.32 Å². The molecule has 2 amide bonds. The number of rotatable bonds is 4. The van der Waals surface area contributed by atoms with Crippen LogP contribution in [-0.4, -0.2) is 11.2 Å². The SMILES string of the molecule is O=C(NCc1ccccc1)Nc1cc(-c2ccco2)on1. The zero-order valence-electron chi connectivity index (χ0n) is 11.1. The fourth-order valence-corrected chi connectivity index (χ4v) is 1.81. The van der Waals surface area contributed by atoms with Crippen molar-refractivity contribution < 1.29 is 13.7 Å². The lowest BCUT2D eigenvalue weighted by molar-refractivity contribution is 0.251. The Bertz CT molecular complexity index is 705. The minimum Gasteiger partial charge on any atom is -0.461 e. The lowest BCUT2D eigenvalue weighted by atomic mass is 10.2. The fraction of sp³-hybridized carbons (Fsp3) is 0.0667. The van der Waals surface area contributed by atoms with E-state index in [9.17, 15) is 4.79 Å². The minimum atomic E-state index is -0.349. The molecule has 2 N–H and O–H groups in total. The summed E-state index contributed by atoms with van der Waals surface area (Å²) < 4.78 is 10.3. The number of furan rings is 1. The molecule has 0 unspecified atom stereocenters. The first-order chi connectivity index (χ1) is 10.3. The van der Waals surface area contributed by atoms with Crippen molar-refractivity contribution in [1.29, 1.82) is 0 Å². The van der Waals surface area contributed by atoms with Crippen LogP contribution in [0.4, 0.5) is 10.6 Å². The van der Waals surface area contributed by atoms with Crippen LogP contribution in [0, 0.1) is 0 Å². The molecule has 0 aliphatic heterocycles. The summed E-state index contributed by atoms with van der Waals surface area (Å²) in [5, 5.41) is 9.09. The van der Waals surface area contributed by atoms with Crippen molar-refractivity contribution in [1.82, 2.24) is 10.5 Å². The van der Waals surface area contributed by atoms with E-state index in [1.165, 1.54) is 6.26 Å². The summed E-state index contributed by atoms with van der Waals surface area (Å²) in [7, 11) is 0. The maximum atomic E-state index is 11.8. The van der Waals surface area contributed by atoms with Gasteiger partial charge in [-0.1, -0.05) is 35.5 Å². The highest BCUT2D eigenvalue weighted by molar-refractivity contribution is 5.88. The van der Waals surface area contributed by atoms with Crippen LogP contribution in [-0.2, 0) is 6.54 Å². The smallest absolute Gasteiger partial charge is 0.320 e. The molecule has 1 aromatic carbocycles. The van der Waals surface area contributed by atoms with Gasteiger partial charge in [-0.3, -0.25) is 5.32 Å². The van der Waals surface area contributed by atoms with Gasteiger partial charge in [0.05, 0.1) is 6.26 Å². The van der Waals surface area contributed by atoms with E-state index in [0.29, 0.717) is 23.9 Å². The third kappa shape index (κ3) is 3.30. The monoisotopic (exact) mass is 283 g/mol. The Morgan fingerprint density at radius 1 is 1.10 bits per heavy atom. The standard InChI is InChI=1S/C15H13N3O3/c19-15(16-10-11-5-2-1-3-6-11)17-14-9-13(21-18-14)12-7-4-8-20-12/h1-9H,10H2,(H2,16,17,18,19). The highest BCUT2D eigenvalue weighted by Crippen LogP contribution is 2.22.